The molecule has 2 heterocycles. The van der Waals surface area contributed by atoms with Crippen molar-refractivity contribution in [2.45, 2.75) is 19.3 Å². The highest BCUT2D eigenvalue weighted by Crippen LogP contribution is 2.32. The van der Waals surface area contributed by atoms with Crippen molar-refractivity contribution in [2.75, 3.05) is 38.3 Å². The Morgan fingerprint density at radius 1 is 1.20 bits per heavy atom. The highest BCUT2D eigenvalue weighted by Gasteiger charge is 2.23. The number of hydrogen-bond donors (Lipinski definition) is 1. The van der Waals surface area contributed by atoms with Crippen molar-refractivity contribution in [3.8, 4) is 11.3 Å². The van der Waals surface area contributed by atoms with Gasteiger partial charge < -0.3 is 15.0 Å². The van der Waals surface area contributed by atoms with Crippen LogP contribution in [-0.2, 0) is 17.6 Å². The summed E-state index contributed by atoms with van der Waals surface area (Å²) in [6.07, 6.45) is 3.27. The van der Waals surface area contributed by atoms with E-state index in [1.807, 2.05) is 7.05 Å². The number of aromatic nitrogens is 2. The van der Waals surface area contributed by atoms with E-state index in [9.17, 15) is 0 Å². The van der Waals surface area contributed by atoms with Crippen LogP contribution in [0.15, 0.2) is 30.8 Å². The summed E-state index contributed by atoms with van der Waals surface area (Å²) in [5.41, 5.74) is 6.76. The van der Waals surface area contributed by atoms with E-state index in [1.54, 1.807) is 0 Å². The third-order valence-corrected chi connectivity index (χ3v) is 5.00. The number of rotatable bonds is 4. The van der Waals surface area contributed by atoms with Crippen LogP contribution in [-0.4, -0.2) is 43.3 Å². The van der Waals surface area contributed by atoms with Crippen molar-refractivity contribution in [2.24, 2.45) is 0 Å². The first kappa shape index (κ1) is 16.1. The number of hydrogen-bond acceptors (Lipinski definition) is 5. The fraction of sp³-hybridized carbons (Fsp3) is 0.400. The lowest BCUT2D eigenvalue weighted by atomic mass is 10.0. The lowest BCUT2D eigenvalue weighted by molar-refractivity contribution is 0.122. The molecule has 1 N–H and O–H groups in total. The normalized spacial score (nSPS) is 16.6. The molecule has 1 aromatic carbocycles. The van der Waals surface area contributed by atoms with Gasteiger partial charge in [-0.25, -0.2) is 9.97 Å². The van der Waals surface area contributed by atoms with Gasteiger partial charge in [0.15, 0.2) is 0 Å². The molecule has 130 valence electrons. The van der Waals surface area contributed by atoms with Crippen LogP contribution in [0.1, 0.15) is 23.2 Å². The monoisotopic (exact) mass is 336 g/mol. The summed E-state index contributed by atoms with van der Waals surface area (Å²) in [6, 6.07) is 8.46. The largest absolute Gasteiger partial charge is 0.388 e. The van der Waals surface area contributed by atoms with Crippen molar-refractivity contribution in [1.29, 1.82) is 0 Å². The molecule has 2 aliphatic rings. The van der Waals surface area contributed by atoms with E-state index in [0.717, 1.165) is 74.0 Å². The summed E-state index contributed by atoms with van der Waals surface area (Å²) in [5, 5.41) is 3.13. The second kappa shape index (κ2) is 6.84. The molecule has 1 aromatic heterocycles. The molecule has 0 unspecified atom stereocenters. The highest BCUT2D eigenvalue weighted by molar-refractivity contribution is 5.72. The minimum Gasteiger partial charge on any atom is -0.388 e. The van der Waals surface area contributed by atoms with Gasteiger partial charge in [-0.15, -0.1) is 0 Å². The minimum absolute atomic E-state index is 0.743. The van der Waals surface area contributed by atoms with Gasteiger partial charge in [-0.2, -0.15) is 0 Å². The molecule has 0 atom stereocenters. The molecule has 0 spiro atoms. The molecular formula is C20H24N4O. The average molecular weight is 336 g/mol. The Morgan fingerprint density at radius 2 is 2.04 bits per heavy atom. The first-order valence-electron chi connectivity index (χ1n) is 8.96. The summed E-state index contributed by atoms with van der Waals surface area (Å²) in [5.74, 6) is 0.844. The number of morpholine rings is 1. The Morgan fingerprint density at radius 3 is 2.84 bits per heavy atom. The van der Waals surface area contributed by atoms with Crippen LogP contribution in [0.25, 0.3) is 17.0 Å². The van der Waals surface area contributed by atoms with Crippen molar-refractivity contribution in [1.82, 2.24) is 15.3 Å². The molecule has 1 aliphatic heterocycles. The van der Waals surface area contributed by atoms with Crippen LogP contribution in [0, 0.1) is 0 Å². The molecule has 1 fully saturated rings. The maximum atomic E-state index is 5.47. The first-order chi connectivity index (χ1) is 12.3. The molecule has 1 aliphatic carbocycles. The summed E-state index contributed by atoms with van der Waals surface area (Å²) < 4.78 is 5.47. The Hall–Kier alpha value is -2.40. The van der Waals surface area contributed by atoms with Crippen LogP contribution >= 0.6 is 0 Å². The van der Waals surface area contributed by atoms with E-state index in [2.05, 4.69) is 41.1 Å². The topological polar surface area (TPSA) is 50.3 Å². The van der Waals surface area contributed by atoms with E-state index in [1.165, 1.54) is 11.3 Å². The van der Waals surface area contributed by atoms with E-state index in [-0.39, 0.29) is 0 Å². The Kier molecular flexibility index (Phi) is 4.40. The molecular weight excluding hydrogens is 312 g/mol. The minimum atomic E-state index is 0.743. The van der Waals surface area contributed by atoms with Gasteiger partial charge in [-0.1, -0.05) is 24.8 Å². The van der Waals surface area contributed by atoms with Crippen molar-refractivity contribution >= 4 is 11.6 Å². The third kappa shape index (κ3) is 3.12. The first-order valence-corrected chi connectivity index (χ1v) is 8.96. The Bertz CT molecular complexity index is 796. The van der Waals surface area contributed by atoms with Crippen LogP contribution < -0.4 is 10.2 Å². The molecule has 2 aromatic rings. The fourth-order valence-corrected chi connectivity index (χ4v) is 3.56. The molecule has 5 nitrogen and oxygen atoms in total. The van der Waals surface area contributed by atoms with Crippen molar-refractivity contribution in [3.63, 3.8) is 0 Å². The van der Waals surface area contributed by atoms with Crippen LogP contribution in [0.5, 0.6) is 0 Å². The van der Waals surface area contributed by atoms with Crippen LogP contribution in [0.3, 0.4) is 0 Å². The Balaban J connectivity index is 1.78. The smallest absolute Gasteiger partial charge is 0.226 e. The zero-order valence-electron chi connectivity index (χ0n) is 14.7. The fourth-order valence-electron chi connectivity index (χ4n) is 3.56. The summed E-state index contributed by atoms with van der Waals surface area (Å²) >= 11 is 0. The third-order valence-electron chi connectivity index (χ3n) is 5.00. The average Bonchev–Trinajstić information content (AvgIpc) is 3.16. The van der Waals surface area contributed by atoms with Gasteiger partial charge in [0.2, 0.25) is 5.95 Å². The van der Waals surface area contributed by atoms with E-state index >= 15 is 0 Å². The van der Waals surface area contributed by atoms with E-state index < -0.39 is 0 Å². The number of fused-ring (bicyclic) bond motifs is 1. The molecule has 0 bridgehead atoms. The number of nitrogens with one attached hydrogen (secondary N) is 1. The van der Waals surface area contributed by atoms with Gasteiger partial charge >= 0.3 is 0 Å². The molecule has 4 rings (SSSR count). The van der Waals surface area contributed by atoms with Gasteiger partial charge in [0.25, 0.3) is 0 Å². The number of anilines is 1. The van der Waals surface area contributed by atoms with Gasteiger partial charge in [0.1, 0.15) is 0 Å². The SMILES string of the molecule is C=C(NC)c1cccc(-c2nc(N3CCOCC3)nc3c2CCC3)c1. The zero-order chi connectivity index (χ0) is 17.2. The standard InChI is InChI=1S/C20H24N4O/c1-14(21-2)15-5-3-6-16(13-15)19-17-7-4-8-18(17)22-20(23-19)24-9-11-25-12-10-24/h3,5-6,13,21H,1,4,7-12H2,2H3. The highest BCUT2D eigenvalue weighted by atomic mass is 16.5. The second-order valence-corrected chi connectivity index (χ2v) is 6.56. The molecule has 5 heteroatoms. The van der Waals surface area contributed by atoms with Gasteiger partial charge in [-0.3, -0.25) is 0 Å². The van der Waals surface area contributed by atoms with Crippen molar-refractivity contribution in [3.05, 3.63) is 47.7 Å². The van der Waals surface area contributed by atoms with Gasteiger partial charge in [-0.05, 0) is 30.9 Å². The molecule has 0 saturated carbocycles. The molecule has 1 saturated heterocycles. The predicted molar refractivity (Wildman–Crippen MR) is 101 cm³/mol. The summed E-state index contributed by atoms with van der Waals surface area (Å²) in [4.78, 5) is 12.1. The second-order valence-electron chi connectivity index (χ2n) is 6.56. The summed E-state index contributed by atoms with van der Waals surface area (Å²) in [6.45, 7) is 7.27. The summed E-state index contributed by atoms with van der Waals surface area (Å²) in [7, 11) is 1.90. The molecule has 0 radical (unpaired) electrons. The van der Waals surface area contributed by atoms with E-state index in [0.29, 0.717) is 0 Å². The number of aryl methyl sites for hydroxylation is 1. The number of nitrogens with zero attached hydrogens (tertiary/aromatic N) is 3. The number of ether oxygens (including phenoxy) is 1. The predicted octanol–water partition coefficient (Wildman–Crippen LogP) is 2.66. The van der Waals surface area contributed by atoms with Gasteiger partial charge in [0, 0.05) is 42.7 Å². The molecule has 25 heavy (non-hydrogen) atoms. The molecule has 0 amide bonds. The van der Waals surface area contributed by atoms with Gasteiger partial charge in [0.05, 0.1) is 18.9 Å². The van der Waals surface area contributed by atoms with Crippen LogP contribution in [0.2, 0.25) is 0 Å². The maximum Gasteiger partial charge on any atom is 0.226 e. The van der Waals surface area contributed by atoms with Crippen LogP contribution in [0.4, 0.5) is 5.95 Å². The lowest BCUT2D eigenvalue weighted by Crippen LogP contribution is -2.37. The quantitative estimate of drug-likeness (QED) is 0.930. The van der Waals surface area contributed by atoms with Crippen molar-refractivity contribution < 1.29 is 4.74 Å². The lowest BCUT2D eigenvalue weighted by Gasteiger charge is -2.27. The van der Waals surface area contributed by atoms with E-state index in [4.69, 9.17) is 14.7 Å². The maximum absolute atomic E-state index is 5.47. The zero-order valence-corrected chi connectivity index (χ0v) is 14.7. The Labute approximate surface area is 148 Å². The number of benzene rings is 1.